The van der Waals surface area contributed by atoms with Crippen LogP contribution in [0.5, 0.6) is 0 Å². The molecule has 2 rings (SSSR count). The van der Waals surface area contributed by atoms with Crippen molar-refractivity contribution in [1.29, 1.82) is 0 Å². The zero-order valence-electron chi connectivity index (χ0n) is 8.36. The van der Waals surface area contributed by atoms with Crippen molar-refractivity contribution in [2.45, 2.75) is 6.92 Å². The monoisotopic (exact) mass is 367 g/mol. The Hall–Kier alpha value is 0.540. The van der Waals surface area contributed by atoms with Gasteiger partial charge >= 0.3 is 0 Å². The molecule has 1 aliphatic rings. The van der Waals surface area contributed by atoms with Gasteiger partial charge in [0.05, 0.1) is 0 Å². The Bertz CT molecular complexity index is 436. The minimum absolute atomic E-state index is 0.181. The van der Waals surface area contributed by atoms with Crippen molar-refractivity contribution < 1.29 is 0 Å². The topological polar surface area (TPSA) is 12.4 Å². The highest BCUT2D eigenvalue weighted by Crippen LogP contribution is 2.48. The summed E-state index contributed by atoms with van der Waals surface area (Å²) in [6.07, 6.45) is 2.08. The second kappa shape index (κ2) is 5.25. The fourth-order valence-corrected chi connectivity index (χ4v) is 8.60. The first-order chi connectivity index (χ1) is 7.20. The van der Waals surface area contributed by atoms with E-state index in [9.17, 15) is 0 Å². The molecule has 1 aromatic carbocycles. The summed E-state index contributed by atoms with van der Waals surface area (Å²) in [5.74, 6) is 0. The molecule has 80 valence electrons. The molecule has 1 aliphatic heterocycles. The van der Waals surface area contributed by atoms with Crippen LogP contribution >= 0.6 is 50.4 Å². The smallest absolute Gasteiger partial charge is 0.141 e. The Labute approximate surface area is 112 Å². The highest BCUT2D eigenvalue weighted by molar-refractivity contribution is 14.2. The van der Waals surface area contributed by atoms with E-state index in [1.54, 1.807) is 11.8 Å². The second-order valence-electron chi connectivity index (χ2n) is 3.06. The maximum absolute atomic E-state index is 4.65. The van der Waals surface area contributed by atoms with Crippen molar-refractivity contribution >= 4 is 59.8 Å². The van der Waals surface area contributed by atoms with E-state index in [0.717, 1.165) is 0 Å². The van der Waals surface area contributed by atoms with Gasteiger partial charge in [-0.15, -0.1) is 11.8 Å². The van der Waals surface area contributed by atoms with Crippen molar-refractivity contribution in [2.75, 3.05) is 6.26 Å². The first kappa shape index (κ1) is 12.0. The van der Waals surface area contributed by atoms with E-state index in [1.165, 1.54) is 20.5 Å². The summed E-state index contributed by atoms with van der Waals surface area (Å²) in [5, 5.41) is 0. The van der Waals surface area contributed by atoms with Crippen LogP contribution in [0.2, 0.25) is 0 Å². The Balaban J connectivity index is 2.35. The Kier molecular flexibility index (Phi) is 4.20. The van der Waals surface area contributed by atoms with Gasteiger partial charge in [-0.2, -0.15) is 0 Å². The van der Waals surface area contributed by atoms with Crippen LogP contribution in [0.15, 0.2) is 29.3 Å². The van der Waals surface area contributed by atoms with Crippen LogP contribution in [-0.2, 0) is 0 Å². The lowest BCUT2D eigenvalue weighted by atomic mass is 10.1. The molecule has 0 bridgehead atoms. The third kappa shape index (κ3) is 2.81. The molecule has 1 heterocycles. The van der Waals surface area contributed by atoms with Gasteiger partial charge in [0, 0.05) is 26.8 Å². The number of aryl methyl sites for hydroxylation is 1. The SMILES string of the molecule is CSC1=NC(c2ccc(C)cc2)=S(I)S1. The average Bonchev–Trinajstić information content (AvgIpc) is 2.61. The highest BCUT2D eigenvalue weighted by Gasteiger charge is 2.16. The molecule has 0 saturated carbocycles. The number of rotatable bonds is 1. The molecule has 5 heteroatoms. The molecule has 0 aromatic heterocycles. The number of aliphatic imine (C=N–C) groups is 1. The van der Waals surface area contributed by atoms with E-state index in [4.69, 9.17) is 0 Å². The number of hydrogen-bond acceptors (Lipinski definition) is 3. The third-order valence-corrected chi connectivity index (χ3v) is 8.74. The summed E-state index contributed by atoms with van der Waals surface area (Å²) in [6, 6.07) is 8.62. The van der Waals surface area contributed by atoms with Gasteiger partial charge in [0.2, 0.25) is 0 Å². The van der Waals surface area contributed by atoms with Gasteiger partial charge in [0.15, 0.2) is 0 Å². The first-order valence-corrected chi connectivity index (χ1v) is 10.7. The predicted molar refractivity (Wildman–Crippen MR) is 85.4 cm³/mol. The summed E-state index contributed by atoms with van der Waals surface area (Å²) in [7, 11) is 1.86. The number of hydrogen-bond donors (Lipinski definition) is 0. The molecule has 0 saturated heterocycles. The van der Waals surface area contributed by atoms with Gasteiger partial charge in [0.25, 0.3) is 0 Å². The lowest BCUT2D eigenvalue weighted by Gasteiger charge is -2.00. The van der Waals surface area contributed by atoms with Gasteiger partial charge in [0.1, 0.15) is 9.36 Å². The predicted octanol–water partition coefficient (Wildman–Crippen LogP) is 4.47. The minimum atomic E-state index is 0.181. The van der Waals surface area contributed by atoms with Gasteiger partial charge in [-0.25, -0.2) is 4.99 Å². The van der Waals surface area contributed by atoms with E-state index in [1.807, 2.05) is 10.8 Å². The zero-order valence-corrected chi connectivity index (χ0v) is 13.0. The molecular weight excluding hydrogens is 357 g/mol. The number of benzene rings is 1. The molecule has 0 fully saturated rings. The Morgan fingerprint density at radius 2 is 2.00 bits per heavy atom. The summed E-state index contributed by atoms with van der Waals surface area (Å²) in [6.45, 7) is 2.29. The van der Waals surface area contributed by atoms with Crippen molar-refractivity contribution in [3.05, 3.63) is 35.4 Å². The summed E-state index contributed by atoms with van der Waals surface area (Å²) < 4.78 is 1.18. The Morgan fingerprint density at radius 1 is 1.33 bits per heavy atom. The summed E-state index contributed by atoms with van der Waals surface area (Å²) in [4.78, 5) is 5.88. The normalized spacial score (nSPS) is 20.6. The number of nitrogens with zero attached hydrogens (tertiary/aromatic N) is 1. The van der Waals surface area contributed by atoms with E-state index in [-0.39, 0.29) is 6.69 Å². The molecule has 1 atom stereocenters. The maximum atomic E-state index is 4.65. The molecule has 0 N–H and O–H groups in total. The average molecular weight is 367 g/mol. The molecular formula is C10H10INS3. The van der Waals surface area contributed by atoms with Crippen LogP contribution in [0.4, 0.5) is 0 Å². The highest BCUT2D eigenvalue weighted by atomic mass is 127. The van der Waals surface area contributed by atoms with Crippen molar-refractivity contribution in [1.82, 2.24) is 0 Å². The summed E-state index contributed by atoms with van der Waals surface area (Å²) >= 11 is 4.20. The van der Waals surface area contributed by atoms with Gasteiger partial charge in [-0.1, -0.05) is 29.8 Å². The molecule has 0 spiro atoms. The maximum Gasteiger partial charge on any atom is 0.141 e. The van der Waals surface area contributed by atoms with Gasteiger partial charge in [-0.05, 0) is 30.7 Å². The fourth-order valence-electron chi connectivity index (χ4n) is 1.17. The fraction of sp³-hybridized carbons (Fsp3) is 0.200. The molecule has 15 heavy (non-hydrogen) atoms. The third-order valence-electron chi connectivity index (χ3n) is 1.96. The van der Waals surface area contributed by atoms with Gasteiger partial charge in [-0.3, -0.25) is 0 Å². The van der Waals surface area contributed by atoms with E-state index >= 15 is 0 Å². The quantitative estimate of drug-likeness (QED) is 0.412. The zero-order chi connectivity index (χ0) is 10.8. The summed E-state index contributed by atoms with van der Waals surface area (Å²) in [5.41, 5.74) is 2.56. The molecule has 0 radical (unpaired) electrons. The van der Waals surface area contributed by atoms with Crippen molar-refractivity contribution in [3.8, 4) is 0 Å². The lowest BCUT2D eigenvalue weighted by molar-refractivity contribution is 1.46. The lowest BCUT2D eigenvalue weighted by Crippen LogP contribution is -1.93. The van der Waals surface area contributed by atoms with Crippen LogP contribution in [-0.4, -0.2) is 15.6 Å². The second-order valence-corrected chi connectivity index (χ2v) is 11.4. The van der Waals surface area contributed by atoms with Crippen LogP contribution < -0.4 is 0 Å². The van der Waals surface area contributed by atoms with E-state index in [2.05, 4.69) is 63.6 Å². The molecule has 1 unspecified atom stereocenters. The standard InChI is InChI=1S/C10H10INS3/c1-7-3-5-8(6-4-7)9-12-10(13-2)14-15(9)11/h3-6H,1-2H3. The largest absolute Gasteiger partial charge is 0.226 e. The van der Waals surface area contributed by atoms with Crippen LogP contribution in [0.1, 0.15) is 11.1 Å². The Morgan fingerprint density at radius 3 is 2.53 bits per heavy atom. The van der Waals surface area contributed by atoms with Crippen LogP contribution in [0, 0.1) is 6.92 Å². The van der Waals surface area contributed by atoms with Crippen molar-refractivity contribution in [3.63, 3.8) is 0 Å². The number of thioether (sulfide) groups is 1. The molecule has 1 nitrogen and oxygen atoms in total. The van der Waals surface area contributed by atoms with E-state index < -0.39 is 0 Å². The molecule has 0 aliphatic carbocycles. The number of halogens is 1. The van der Waals surface area contributed by atoms with Gasteiger partial charge < -0.3 is 0 Å². The van der Waals surface area contributed by atoms with Crippen molar-refractivity contribution in [2.24, 2.45) is 4.99 Å². The molecule has 1 aromatic rings. The van der Waals surface area contributed by atoms with Crippen LogP contribution in [0.25, 0.3) is 0 Å². The first-order valence-electron chi connectivity index (χ1n) is 4.36. The van der Waals surface area contributed by atoms with Crippen LogP contribution in [0.3, 0.4) is 0 Å². The van der Waals surface area contributed by atoms with E-state index in [0.29, 0.717) is 0 Å². The minimum Gasteiger partial charge on any atom is -0.226 e. The molecule has 0 amide bonds.